The number of piperidine rings is 3. The van der Waals surface area contributed by atoms with Gasteiger partial charge in [-0.3, -0.25) is 0 Å². The highest BCUT2D eigenvalue weighted by atomic mass is 16.4. The fraction of sp³-hybridized carbons (Fsp3) is 0.889. The Morgan fingerprint density at radius 2 is 1.75 bits per heavy atom. The smallest absolute Gasteiger partial charge is 0.0603 e. The lowest BCUT2D eigenvalue weighted by Gasteiger charge is -2.47. The maximum absolute atomic E-state index is 8.77. The molecule has 0 aromatic heterocycles. The Hall–Kier alpha value is -0.570. The summed E-state index contributed by atoms with van der Waals surface area (Å²) in [5, 5.41) is 12.2. The summed E-state index contributed by atoms with van der Waals surface area (Å²) in [6.45, 7) is 5.52. The van der Waals surface area contributed by atoms with Crippen LogP contribution in [-0.4, -0.2) is 35.5 Å². The standard InChI is InChI=1S/C9H16N2O/c1-8(10-12)9-2-5-11(6-3-9)7-4-9/h12H,2-7H2,1H3. The van der Waals surface area contributed by atoms with Gasteiger partial charge in [-0.25, -0.2) is 0 Å². The van der Waals surface area contributed by atoms with Crippen LogP contribution < -0.4 is 0 Å². The van der Waals surface area contributed by atoms with Crippen molar-refractivity contribution in [3.05, 3.63) is 0 Å². The molecule has 0 radical (unpaired) electrons. The second-order valence-corrected chi connectivity index (χ2v) is 4.06. The van der Waals surface area contributed by atoms with E-state index in [1.165, 1.54) is 38.9 Å². The average molecular weight is 168 g/mol. The topological polar surface area (TPSA) is 35.8 Å². The van der Waals surface area contributed by atoms with E-state index < -0.39 is 0 Å². The summed E-state index contributed by atoms with van der Waals surface area (Å²) in [4.78, 5) is 2.49. The van der Waals surface area contributed by atoms with Gasteiger partial charge < -0.3 is 10.1 Å². The van der Waals surface area contributed by atoms with Crippen molar-refractivity contribution < 1.29 is 5.21 Å². The van der Waals surface area contributed by atoms with Crippen LogP contribution in [0.5, 0.6) is 0 Å². The van der Waals surface area contributed by atoms with Crippen LogP contribution in [0.2, 0.25) is 0 Å². The number of fused-ring (bicyclic) bond motifs is 3. The summed E-state index contributed by atoms with van der Waals surface area (Å²) in [7, 11) is 0. The van der Waals surface area contributed by atoms with Crippen molar-refractivity contribution in [2.45, 2.75) is 26.2 Å². The summed E-state index contributed by atoms with van der Waals surface area (Å²) in [6.07, 6.45) is 3.55. The SMILES string of the molecule is CC(=NO)C12CCN(CC1)CC2. The van der Waals surface area contributed by atoms with Crippen molar-refractivity contribution in [3.8, 4) is 0 Å². The molecule has 68 valence electrons. The maximum Gasteiger partial charge on any atom is 0.0603 e. The molecule has 0 saturated carbocycles. The van der Waals surface area contributed by atoms with Crippen molar-refractivity contribution in [1.29, 1.82) is 0 Å². The average Bonchev–Trinajstić information content (AvgIpc) is 2.19. The second-order valence-electron chi connectivity index (χ2n) is 4.06. The third-order valence-electron chi connectivity index (χ3n) is 3.64. The van der Waals surface area contributed by atoms with Crippen molar-refractivity contribution in [1.82, 2.24) is 4.90 Å². The number of rotatable bonds is 1. The first-order valence-electron chi connectivity index (χ1n) is 4.68. The van der Waals surface area contributed by atoms with E-state index in [-0.39, 0.29) is 5.41 Å². The minimum Gasteiger partial charge on any atom is -0.411 e. The largest absolute Gasteiger partial charge is 0.411 e. The summed E-state index contributed by atoms with van der Waals surface area (Å²) >= 11 is 0. The minimum absolute atomic E-state index is 0.253. The van der Waals surface area contributed by atoms with Crippen LogP contribution in [0, 0.1) is 5.41 Å². The molecule has 0 unspecified atom stereocenters. The molecule has 0 spiro atoms. The predicted octanol–water partition coefficient (Wildman–Crippen LogP) is 1.32. The van der Waals surface area contributed by atoms with E-state index in [0.717, 1.165) is 5.71 Å². The summed E-state index contributed by atoms with van der Waals surface area (Å²) in [5.41, 5.74) is 1.20. The van der Waals surface area contributed by atoms with E-state index in [2.05, 4.69) is 10.1 Å². The molecule has 3 aliphatic rings. The number of nitrogens with zero attached hydrogens (tertiary/aromatic N) is 2. The van der Waals surface area contributed by atoms with Crippen molar-refractivity contribution in [2.75, 3.05) is 19.6 Å². The van der Waals surface area contributed by atoms with Gasteiger partial charge in [0, 0.05) is 5.41 Å². The van der Waals surface area contributed by atoms with E-state index in [1.54, 1.807) is 0 Å². The first-order valence-corrected chi connectivity index (χ1v) is 4.68. The molecule has 3 fully saturated rings. The van der Waals surface area contributed by atoms with Gasteiger partial charge in [-0.2, -0.15) is 0 Å². The molecule has 3 saturated heterocycles. The Morgan fingerprint density at radius 3 is 2.17 bits per heavy atom. The lowest BCUT2D eigenvalue weighted by atomic mass is 9.69. The first kappa shape index (κ1) is 8.05. The van der Waals surface area contributed by atoms with E-state index in [4.69, 9.17) is 5.21 Å². The Balaban J connectivity index is 2.19. The lowest BCUT2D eigenvalue weighted by Crippen LogP contribution is -2.51. The van der Waals surface area contributed by atoms with Gasteiger partial charge >= 0.3 is 0 Å². The van der Waals surface area contributed by atoms with Crippen molar-refractivity contribution >= 4 is 5.71 Å². The highest BCUT2D eigenvalue weighted by molar-refractivity contribution is 5.87. The van der Waals surface area contributed by atoms with Crippen molar-refractivity contribution in [3.63, 3.8) is 0 Å². The summed E-state index contributed by atoms with van der Waals surface area (Å²) in [6, 6.07) is 0. The van der Waals surface area contributed by atoms with Gasteiger partial charge in [0.15, 0.2) is 0 Å². The second kappa shape index (κ2) is 2.73. The van der Waals surface area contributed by atoms with Gasteiger partial charge in [0.05, 0.1) is 5.71 Å². The monoisotopic (exact) mass is 168 g/mol. The zero-order valence-corrected chi connectivity index (χ0v) is 7.58. The fourth-order valence-electron chi connectivity index (χ4n) is 2.48. The molecule has 3 nitrogen and oxygen atoms in total. The van der Waals surface area contributed by atoms with Crippen molar-refractivity contribution in [2.24, 2.45) is 10.6 Å². The van der Waals surface area contributed by atoms with Gasteiger partial charge in [0.2, 0.25) is 0 Å². The molecule has 3 heterocycles. The van der Waals surface area contributed by atoms with Gasteiger partial charge in [0.1, 0.15) is 0 Å². The third kappa shape index (κ3) is 1.04. The molecular weight excluding hydrogens is 152 g/mol. The van der Waals surface area contributed by atoms with Gasteiger partial charge in [-0.15, -0.1) is 0 Å². The zero-order valence-electron chi connectivity index (χ0n) is 7.58. The van der Waals surface area contributed by atoms with Crippen LogP contribution in [0.15, 0.2) is 5.16 Å². The van der Waals surface area contributed by atoms with Crippen LogP contribution in [-0.2, 0) is 0 Å². The van der Waals surface area contributed by atoms with Gasteiger partial charge in [0.25, 0.3) is 0 Å². The summed E-state index contributed by atoms with van der Waals surface area (Å²) < 4.78 is 0. The maximum atomic E-state index is 8.77. The molecule has 2 bridgehead atoms. The van der Waals surface area contributed by atoms with E-state index in [1.807, 2.05) is 6.92 Å². The molecule has 0 aromatic rings. The van der Waals surface area contributed by atoms with Gasteiger partial charge in [-0.1, -0.05) is 5.16 Å². The summed E-state index contributed by atoms with van der Waals surface area (Å²) in [5.74, 6) is 0. The highest BCUT2D eigenvalue weighted by Crippen LogP contribution is 2.41. The van der Waals surface area contributed by atoms with E-state index in [9.17, 15) is 0 Å². The molecule has 0 aromatic carbocycles. The number of hydrogen-bond donors (Lipinski definition) is 1. The molecule has 3 aliphatic heterocycles. The van der Waals surface area contributed by atoms with E-state index in [0.29, 0.717) is 0 Å². The molecule has 0 aliphatic carbocycles. The molecular formula is C9H16N2O. The Bertz CT molecular complexity index is 191. The van der Waals surface area contributed by atoms with Crippen LogP contribution in [0.25, 0.3) is 0 Å². The van der Waals surface area contributed by atoms with Crippen LogP contribution in [0.3, 0.4) is 0 Å². The molecule has 0 amide bonds. The molecule has 3 heteroatoms. The minimum atomic E-state index is 0.253. The molecule has 3 rings (SSSR count). The highest BCUT2D eigenvalue weighted by Gasteiger charge is 2.41. The first-order chi connectivity index (χ1) is 5.77. The van der Waals surface area contributed by atoms with Crippen LogP contribution in [0.1, 0.15) is 26.2 Å². The van der Waals surface area contributed by atoms with Gasteiger partial charge in [-0.05, 0) is 45.8 Å². The number of hydrogen-bond acceptors (Lipinski definition) is 3. The molecule has 1 N–H and O–H groups in total. The molecule has 0 atom stereocenters. The Morgan fingerprint density at radius 1 is 1.25 bits per heavy atom. The predicted molar refractivity (Wildman–Crippen MR) is 47.6 cm³/mol. The normalized spacial score (nSPS) is 41.8. The van der Waals surface area contributed by atoms with Crippen LogP contribution in [0.4, 0.5) is 0 Å². The number of oxime groups is 1. The van der Waals surface area contributed by atoms with E-state index >= 15 is 0 Å². The third-order valence-corrected chi connectivity index (χ3v) is 3.64. The van der Waals surface area contributed by atoms with Crippen LogP contribution >= 0.6 is 0 Å². The Kier molecular flexibility index (Phi) is 1.83. The lowest BCUT2D eigenvalue weighted by molar-refractivity contribution is 0.0719. The molecule has 12 heavy (non-hydrogen) atoms. The fourth-order valence-corrected chi connectivity index (χ4v) is 2.48. The Labute approximate surface area is 73.1 Å². The quantitative estimate of drug-likeness (QED) is 0.364. The zero-order chi connectivity index (χ0) is 8.60.